The van der Waals surface area contributed by atoms with Gasteiger partial charge in [-0.15, -0.1) is 0 Å². The van der Waals surface area contributed by atoms with E-state index in [1.165, 1.54) is 36.3 Å². The van der Waals surface area contributed by atoms with E-state index >= 15 is 0 Å². The topological polar surface area (TPSA) is 55.8 Å². The molecule has 152 valence electrons. The van der Waals surface area contributed by atoms with E-state index in [4.69, 9.17) is 9.47 Å². The Morgan fingerprint density at radius 2 is 1.79 bits per heavy atom. The Morgan fingerprint density at radius 3 is 2.32 bits per heavy atom. The molecule has 4 atom stereocenters. The van der Waals surface area contributed by atoms with Gasteiger partial charge in [-0.2, -0.15) is 13.2 Å². The molecule has 0 N–H and O–H groups in total. The summed E-state index contributed by atoms with van der Waals surface area (Å²) in [6, 6.07) is 5.66. The van der Waals surface area contributed by atoms with Gasteiger partial charge in [-0.05, 0) is 18.8 Å². The zero-order valence-electron chi connectivity index (χ0n) is 15.8. The molecular formula is C20H22F3NO4. The predicted octanol–water partition coefficient (Wildman–Crippen LogP) is 3.20. The van der Waals surface area contributed by atoms with E-state index in [-0.39, 0.29) is 17.1 Å². The number of carbonyl (C=O) groups is 2. The Hall–Kier alpha value is -2.35. The van der Waals surface area contributed by atoms with E-state index < -0.39 is 35.7 Å². The maximum absolute atomic E-state index is 14.3. The summed E-state index contributed by atoms with van der Waals surface area (Å²) in [6.07, 6.45) is -2.64. The minimum absolute atomic E-state index is 0.0640. The number of halogens is 3. The molecule has 0 aromatic heterocycles. The zero-order chi connectivity index (χ0) is 20.7. The van der Waals surface area contributed by atoms with Crippen molar-refractivity contribution in [3.63, 3.8) is 0 Å². The van der Waals surface area contributed by atoms with Crippen molar-refractivity contribution in [1.29, 1.82) is 0 Å². The lowest BCUT2D eigenvalue weighted by Crippen LogP contribution is -2.60. The van der Waals surface area contributed by atoms with Crippen LogP contribution in [0, 0.1) is 5.92 Å². The first-order valence-electron chi connectivity index (χ1n) is 8.97. The Morgan fingerprint density at radius 1 is 1.14 bits per heavy atom. The highest BCUT2D eigenvalue weighted by atomic mass is 19.4. The van der Waals surface area contributed by atoms with Gasteiger partial charge >= 0.3 is 12.1 Å². The minimum atomic E-state index is -4.99. The number of esters is 1. The van der Waals surface area contributed by atoms with Crippen molar-refractivity contribution in [2.45, 2.75) is 43.6 Å². The normalized spacial score (nSPS) is 26.4. The number of rotatable bonds is 4. The number of ether oxygens (including phenoxy) is 2. The highest BCUT2D eigenvalue weighted by molar-refractivity contribution is 5.94. The molecule has 5 nitrogen and oxygen atoms in total. The van der Waals surface area contributed by atoms with Crippen LogP contribution in [0.4, 0.5) is 13.2 Å². The van der Waals surface area contributed by atoms with Gasteiger partial charge in [-0.1, -0.05) is 43.3 Å². The number of nitrogens with zero attached hydrogens (tertiary/aromatic N) is 1. The number of amides is 1. The first kappa shape index (κ1) is 20.4. The number of carbonyl (C=O) groups excluding carboxylic acids is 2. The second-order valence-electron chi connectivity index (χ2n) is 7.14. The van der Waals surface area contributed by atoms with Crippen LogP contribution in [0.1, 0.15) is 25.3 Å². The average Bonchev–Trinajstić information content (AvgIpc) is 2.89. The summed E-state index contributed by atoms with van der Waals surface area (Å²) in [4.78, 5) is 26.8. The molecule has 2 bridgehead atoms. The van der Waals surface area contributed by atoms with Crippen LogP contribution >= 0.6 is 0 Å². The monoisotopic (exact) mass is 397 g/mol. The van der Waals surface area contributed by atoms with Crippen molar-refractivity contribution < 1.29 is 32.2 Å². The zero-order valence-corrected chi connectivity index (χ0v) is 15.8. The van der Waals surface area contributed by atoms with Gasteiger partial charge < -0.3 is 14.4 Å². The van der Waals surface area contributed by atoms with Crippen molar-refractivity contribution in [1.82, 2.24) is 4.90 Å². The molecular weight excluding hydrogens is 375 g/mol. The Labute approximate surface area is 161 Å². The number of hydrogen-bond donors (Lipinski definition) is 0. The Balaban J connectivity index is 2.12. The summed E-state index contributed by atoms with van der Waals surface area (Å²) in [6.45, 7) is 1.86. The van der Waals surface area contributed by atoms with E-state index in [0.717, 1.165) is 7.11 Å². The quantitative estimate of drug-likeness (QED) is 0.733. The summed E-state index contributed by atoms with van der Waals surface area (Å²) in [5, 5.41) is 0. The second kappa shape index (κ2) is 7.24. The largest absolute Gasteiger partial charge is 0.466 e. The van der Waals surface area contributed by atoms with Crippen molar-refractivity contribution in [2.24, 2.45) is 5.92 Å². The Bertz CT molecular complexity index is 792. The molecule has 2 aliphatic heterocycles. The van der Waals surface area contributed by atoms with Crippen LogP contribution in [0.2, 0.25) is 0 Å². The van der Waals surface area contributed by atoms with Gasteiger partial charge in [0, 0.05) is 18.7 Å². The molecule has 1 saturated heterocycles. The van der Waals surface area contributed by atoms with Crippen LogP contribution in [0.3, 0.4) is 0 Å². The number of methoxy groups -OCH3 is 2. The first-order chi connectivity index (χ1) is 13.2. The Kier molecular flexibility index (Phi) is 5.27. The molecule has 0 spiro atoms. The van der Waals surface area contributed by atoms with E-state index in [0.29, 0.717) is 12.8 Å². The van der Waals surface area contributed by atoms with Crippen LogP contribution < -0.4 is 0 Å². The van der Waals surface area contributed by atoms with Gasteiger partial charge in [0.15, 0.2) is 0 Å². The van der Waals surface area contributed by atoms with E-state index in [2.05, 4.69) is 0 Å². The summed E-state index contributed by atoms with van der Waals surface area (Å²) in [7, 11) is 2.09. The van der Waals surface area contributed by atoms with Crippen LogP contribution in [0.5, 0.6) is 0 Å². The first-order valence-corrected chi connectivity index (χ1v) is 8.97. The molecule has 0 aliphatic carbocycles. The number of hydrogen-bond acceptors (Lipinski definition) is 4. The molecule has 8 heteroatoms. The van der Waals surface area contributed by atoms with E-state index in [1.807, 2.05) is 6.92 Å². The van der Waals surface area contributed by atoms with Crippen molar-refractivity contribution in [3.05, 3.63) is 47.5 Å². The van der Waals surface area contributed by atoms with Gasteiger partial charge in [-0.25, -0.2) is 4.79 Å². The molecule has 1 amide bonds. The smallest absolute Gasteiger partial charge is 0.430 e. The third kappa shape index (κ3) is 2.90. The molecule has 0 radical (unpaired) electrons. The molecule has 1 aromatic carbocycles. The maximum atomic E-state index is 14.3. The molecule has 1 fully saturated rings. The molecule has 1 aromatic rings. The van der Waals surface area contributed by atoms with Crippen molar-refractivity contribution in [2.75, 3.05) is 14.2 Å². The van der Waals surface area contributed by atoms with Crippen LogP contribution in [-0.4, -0.2) is 49.3 Å². The maximum Gasteiger partial charge on any atom is 0.430 e. The summed E-state index contributed by atoms with van der Waals surface area (Å²) >= 11 is 0. The molecule has 0 saturated carbocycles. The molecule has 3 rings (SSSR count). The van der Waals surface area contributed by atoms with Gasteiger partial charge in [-0.3, -0.25) is 4.79 Å². The minimum Gasteiger partial charge on any atom is -0.466 e. The molecule has 28 heavy (non-hydrogen) atoms. The van der Waals surface area contributed by atoms with Crippen molar-refractivity contribution >= 4 is 11.9 Å². The summed E-state index contributed by atoms with van der Waals surface area (Å²) in [5.74, 6) is -1.90. The standard InChI is InChI=1S/C20H22F3NO4/c1-12-11-16-14(17(25)27-2)9-10-15(12)24(16)18(26)19(28-3,20(21,22)23)13-7-5-4-6-8-13/h4-9,12,15-16H,10-11H2,1-3H3/t12-,15-,16-,19+/m1/s1. The van der Waals surface area contributed by atoms with E-state index in [1.54, 1.807) is 12.1 Å². The molecule has 2 aliphatic rings. The van der Waals surface area contributed by atoms with Gasteiger partial charge in [0.05, 0.1) is 18.7 Å². The summed E-state index contributed by atoms with van der Waals surface area (Å²) < 4.78 is 52.5. The SMILES string of the molecule is COC(=O)C1=CC[C@@H]2[C@H](C)C[C@H]1N2C(=O)[C@@](OC)(c1ccccc1)C(F)(F)F. The molecule has 2 heterocycles. The number of benzene rings is 1. The fourth-order valence-electron chi connectivity index (χ4n) is 4.35. The predicted molar refractivity (Wildman–Crippen MR) is 94.1 cm³/mol. The lowest BCUT2D eigenvalue weighted by molar-refractivity contribution is -0.271. The second-order valence-corrected chi connectivity index (χ2v) is 7.14. The fourth-order valence-corrected chi connectivity index (χ4v) is 4.35. The highest BCUT2D eigenvalue weighted by Gasteiger charge is 2.66. The number of fused-ring (bicyclic) bond motifs is 2. The summed E-state index contributed by atoms with van der Waals surface area (Å²) in [5.41, 5.74) is -3.22. The average molecular weight is 397 g/mol. The van der Waals surface area contributed by atoms with Gasteiger partial charge in [0.2, 0.25) is 0 Å². The van der Waals surface area contributed by atoms with Crippen LogP contribution in [-0.2, 0) is 24.7 Å². The van der Waals surface area contributed by atoms with Crippen molar-refractivity contribution in [3.8, 4) is 0 Å². The fraction of sp³-hybridized carbons (Fsp3) is 0.500. The molecule has 0 unspecified atom stereocenters. The van der Waals surface area contributed by atoms with Crippen LogP contribution in [0.25, 0.3) is 0 Å². The third-order valence-corrected chi connectivity index (χ3v) is 5.73. The lowest BCUT2D eigenvalue weighted by atomic mass is 9.88. The lowest BCUT2D eigenvalue weighted by Gasteiger charge is -2.42. The van der Waals surface area contributed by atoms with Gasteiger partial charge in [0.25, 0.3) is 11.5 Å². The third-order valence-electron chi connectivity index (χ3n) is 5.73. The van der Waals surface area contributed by atoms with Gasteiger partial charge in [0.1, 0.15) is 0 Å². The van der Waals surface area contributed by atoms with Crippen LogP contribution in [0.15, 0.2) is 42.0 Å². The highest BCUT2D eigenvalue weighted by Crippen LogP contribution is 2.48. The number of alkyl halides is 3. The van der Waals surface area contributed by atoms with E-state index in [9.17, 15) is 22.8 Å².